The Bertz CT molecular complexity index is 640. The summed E-state index contributed by atoms with van der Waals surface area (Å²) in [4.78, 5) is 39.3. The Balaban J connectivity index is 1.60. The number of aryl methyl sites for hydroxylation is 2. The third-order valence-electron chi connectivity index (χ3n) is 4.89. The van der Waals surface area contributed by atoms with E-state index in [0.29, 0.717) is 32.6 Å². The van der Waals surface area contributed by atoms with E-state index in [1.165, 1.54) is 0 Å². The maximum atomic E-state index is 12.7. The SMILES string of the molecule is CCN1C[C@@H](C(=O)N2CCN(c3nc(C)cnc3C)CC2)CC1=O. The lowest BCUT2D eigenvalue weighted by Crippen LogP contribution is -2.51. The van der Waals surface area contributed by atoms with Gasteiger partial charge in [0, 0.05) is 51.9 Å². The Morgan fingerprint density at radius 1 is 1.25 bits per heavy atom. The van der Waals surface area contributed by atoms with Crippen LogP contribution in [0.5, 0.6) is 0 Å². The number of amides is 2. The molecule has 0 spiro atoms. The Morgan fingerprint density at radius 3 is 2.58 bits per heavy atom. The first kappa shape index (κ1) is 16.7. The molecule has 1 atom stereocenters. The van der Waals surface area contributed by atoms with Crippen molar-refractivity contribution in [3.63, 3.8) is 0 Å². The van der Waals surface area contributed by atoms with Gasteiger partial charge in [0.25, 0.3) is 0 Å². The number of carbonyl (C=O) groups excluding carboxylic acids is 2. The van der Waals surface area contributed by atoms with Crippen LogP contribution in [0, 0.1) is 19.8 Å². The summed E-state index contributed by atoms with van der Waals surface area (Å²) in [5.74, 6) is 0.950. The predicted molar refractivity (Wildman–Crippen MR) is 90.7 cm³/mol. The molecule has 1 aromatic rings. The average Bonchev–Trinajstić information content (AvgIpc) is 2.97. The molecule has 7 nitrogen and oxygen atoms in total. The number of aromatic nitrogens is 2. The zero-order chi connectivity index (χ0) is 17.3. The van der Waals surface area contributed by atoms with E-state index in [4.69, 9.17) is 0 Å². The summed E-state index contributed by atoms with van der Waals surface area (Å²) in [6, 6.07) is 0. The maximum absolute atomic E-state index is 12.7. The van der Waals surface area contributed by atoms with E-state index in [0.717, 1.165) is 30.3 Å². The maximum Gasteiger partial charge on any atom is 0.228 e. The van der Waals surface area contributed by atoms with Crippen molar-refractivity contribution >= 4 is 17.6 Å². The molecule has 1 aromatic heterocycles. The van der Waals surface area contributed by atoms with Gasteiger partial charge in [0.2, 0.25) is 11.8 Å². The lowest BCUT2D eigenvalue weighted by atomic mass is 10.1. The number of hydrogen-bond donors (Lipinski definition) is 0. The molecular weight excluding hydrogens is 306 g/mol. The van der Waals surface area contributed by atoms with Crippen LogP contribution in [0.25, 0.3) is 0 Å². The topological polar surface area (TPSA) is 69.6 Å². The molecule has 2 aliphatic rings. The van der Waals surface area contributed by atoms with Gasteiger partial charge in [-0.3, -0.25) is 14.6 Å². The van der Waals surface area contributed by atoms with Crippen molar-refractivity contribution in [1.29, 1.82) is 0 Å². The zero-order valence-electron chi connectivity index (χ0n) is 14.7. The minimum atomic E-state index is -0.176. The normalized spacial score (nSPS) is 21.5. The number of anilines is 1. The van der Waals surface area contributed by atoms with Crippen LogP contribution in [0.4, 0.5) is 5.82 Å². The number of rotatable bonds is 3. The first-order chi connectivity index (χ1) is 11.5. The predicted octanol–water partition coefficient (Wildman–Crippen LogP) is 0.610. The molecule has 0 bridgehead atoms. The van der Waals surface area contributed by atoms with Crippen LogP contribution in [-0.2, 0) is 9.59 Å². The monoisotopic (exact) mass is 331 g/mol. The molecule has 0 unspecified atom stereocenters. The van der Waals surface area contributed by atoms with E-state index >= 15 is 0 Å². The second-order valence-electron chi connectivity index (χ2n) is 6.57. The van der Waals surface area contributed by atoms with Gasteiger partial charge in [0.05, 0.1) is 17.3 Å². The molecule has 3 rings (SSSR count). The van der Waals surface area contributed by atoms with Crippen molar-refractivity contribution in [2.75, 3.05) is 44.2 Å². The summed E-state index contributed by atoms with van der Waals surface area (Å²) < 4.78 is 0. The van der Waals surface area contributed by atoms with Crippen molar-refractivity contribution in [3.8, 4) is 0 Å². The van der Waals surface area contributed by atoms with Crippen LogP contribution >= 0.6 is 0 Å². The quantitative estimate of drug-likeness (QED) is 0.812. The molecule has 3 heterocycles. The summed E-state index contributed by atoms with van der Waals surface area (Å²) in [7, 11) is 0. The van der Waals surface area contributed by atoms with E-state index in [1.807, 2.05) is 25.7 Å². The summed E-state index contributed by atoms with van der Waals surface area (Å²) in [6.45, 7) is 9.95. The molecule has 2 amide bonds. The van der Waals surface area contributed by atoms with Crippen molar-refractivity contribution in [3.05, 3.63) is 17.6 Å². The van der Waals surface area contributed by atoms with E-state index in [-0.39, 0.29) is 17.7 Å². The third kappa shape index (κ3) is 3.20. The highest BCUT2D eigenvalue weighted by Crippen LogP contribution is 2.22. The minimum absolute atomic E-state index is 0.0974. The van der Waals surface area contributed by atoms with Gasteiger partial charge in [0.15, 0.2) is 0 Å². The number of likely N-dealkylation sites (tertiary alicyclic amines) is 1. The highest BCUT2D eigenvalue weighted by molar-refractivity contribution is 5.89. The van der Waals surface area contributed by atoms with Gasteiger partial charge in [0.1, 0.15) is 5.82 Å². The van der Waals surface area contributed by atoms with E-state index in [9.17, 15) is 9.59 Å². The standard InChI is InChI=1S/C17H25N5O2/c1-4-20-11-14(9-15(20)23)17(24)22-7-5-21(6-8-22)16-13(3)18-10-12(2)19-16/h10,14H,4-9,11H2,1-3H3/t14-/m0/s1. The van der Waals surface area contributed by atoms with Crippen molar-refractivity contribution in [1.82, 2.24) is 19.8 Å². The highest BCUT2D eigenvalue weighted by atomic mass is 16.2. The van der Waals surface area contributed by atoms with Crippen LogP contribution in [0.3, 0.4) is 0 Å². The van der Waals surface area contributed by atoms with Crippen molar-refractivity contribution in [2.45, 2.75) is 27.2 Å². The molecule has 24 heavy (non-hydrogen) atoms. The number of carbonyl (C=O) groups is 2. The van der Waals surface area contributed by atoms with Crippen LogP contribution in [0.15, 0.2) is 6.20 Å². The van der Waals surface area contributed by atoms with Crippen LogP contribution in [0.1, 0.15) is 24.7 Å². The lowest BCUT2D eigenvalue weighted by molar-refractivity contribution is -0.136. The fraction of sp³-hybridized carbons (Fsp3) is 0.647. The van der Waals surface area contributed by atoms with Gasteiger partial charge in [-0.05, 0) is 20.8 Å². The Morgan fingerprint density at radius 2 is 1.96 bits per heavy atom. The molecule has 2 saturated heterocycles. The van der Waals surface area contributed by atoms with E-state index in [2.05, 4.69) is 14.9 Å². The molecule has 7 heteroatoms. The molecule has 2 aliphatic heterocycles. The Hall–Kier alpha value is -2.18. The zero-order valence-corrected chi connectivity index (χ0v) is 14.7. The van der Waals surface area contributed by atoms with Crippen LogP contribution in [-0.4, -0.2) is 70.9 Å². The smallest absolute Gasteiger partial charge is 0.228 e. The average molecular weight is 331 g/mol. The molecule has 2 fully saturated rings. The van der Waals surface area contributed by atoms with Gasteiger partial charge < -0.3 is 14.7 Å². The third-order valence-corrected chi connectivity index (χ3v) is 4.89. The van der Waals surface area contributed by atoms with Gasteiger partial charge in [-0.15, -0.1) is 0 Å². The Kier molecular flexibility index (Phi) is 4.69. The molecule has 0 aromatic carbocycles. The largest absolute Gasteiger partial charge is 0.352 e. The molecule has 0 N–H and O–H groups in total. The van der Waals surface area contributed by atoms with Gasteiger partial charge >= 0.3 is 0 Å². The van der Waals surface area contributed by atoms with Crippen LogP contribution < -0.4 is 4.90 Å². The minimum Gasteiger partial charge on any atom is -0.352 e. The van der Waals surface area contributed by atoms with Crippen LogP contribution in [0.2, 0.25) is 0 Å². The number of piperazine rings is 1. The molecule has 130 valence electrons. The molecule has 0 aliphatic carbocycles. The van der Waals surface area contributed by atoms with Crippen molar-refractivity contribution in [2.24, 2.45) is 5.92 Å². The van der Waals surface area contributed by atoms with E-state index in [1.54, 1.807) is 11.1 Å². The molecule has 0 radical (unpaired) electrons. The number of nitrogens with zero attached hydrogens (tertiary/aromatic N) is 5. The lowest BCUT2D eigenvalue weighted by Gasteiger charge is -2.36. The van der Waals surface area contributed by atoms with E-state index < -0.39 is 0 Å². The summed E-state index contributed by atoms with van der Waals surface area (Å²) in [5, 5.41) is 0. The highest BCUT2D eigenvalue weighted by Gasteiger charge is 2.36. The van der Waals surface area contributed by atoms with Crippen molar-refractivity contribution < 1.29 is 9.59 Å². The van der Waals surface area contributed by atoms with Gasteiger partial charge in [-0.1, -0.05) is 0 Å². The first-order valence-corrected chi connectivity index (χ1v) is 8.61. The molecule has 0 saturated carbocycles. The second-order valence-corrected chi connectivity index (χ2v) is 6.57. The van der Waals surface area contributed by atoms with Gasteiger partial charge in [-0.2, -0.15) is 0 Å². The van der Waals surface area contributed by atoms with Gasteiger partial charge in [-0.25, -0.2) is 4.98 Å². The fourth-order valence-electron chi connectivity index (χ4n) is 3.46. The second kappa shape index (κ2) is 6.75. The first-order valence-electron chi connectivity index (χ1n) is 8.61. The summed E-state index contributed by atoms with van der Waals surface area (Å²) in [5.41, 5.74) is 1.82. The summed E-state index contributed by atoms with van der Waals surface area (Å²) >= 11 is 0. The summed E-state index contributed by atoms with van der Waals surface area (Å²) in [6.07, 6.45) is 2.13. The number of hydrogen-bond acceptors (Lipinski definition) is 5. The Labute approximate surface area is 142 Å². The fourth-order valence-corrected chi connectivity index (χ4v) is 3.46. The molecular formula is C17H25N5O2.